The summed E-state index contributed by atoms with van der Waals surface area (Å²) in [5.74, 6) is 0.903. The number of hydrogen-bond donors (Lipinski definition) is 0. The fourth-order valence-electron chi connectivity index (χ4n) is 2.67. The number of aromatic nitrogens is 4. The van der Waals surface area contributed by atoms with Gasteiger partial charge < -0.3 is 4.42 Å². The molecule has 0 spiro atoms. The van der Waals surface area contributed by atoms with Crippen LogP contribution < -0.4 is 5.56 Å². The third kappa shape index (κ3) is 3.07. The molecule has 3 heterocycles. The van der Waals surface area contributed by atoms with Gasteiger partial charge in [0.05, 0.1) is 4.92 Å². The molecule has 4 aromatic rings. The monoisotopic (exact) mass is 397 g/mol. The van der Waals surface area contributed by atoms with Crippen LogP contribution in [0.25, 0.3) is 27.1 Å². The van der Waals surface area contributed by atoms with Gasteiger partial charge in [0.2, 0.25) is 4.96 Å². The van der Waals surface area contributed by atoms with Crippen LogP contribution in [0, 0.1) is 10.1 Å². The quantitative estimate of drug-likeness (QED) is 0.382. The number of nitro benzene ring substituents is 1. The van der Waals surface area contributed by atoms with E-state index in [0.717, 1.165) is 0 Å². The zero-order chi connectivity index (χ0) is 20.1. The number of hydrogen-bond acceptors (Lipinski definition) is 8. The van der Waals surface area contributed by atoms with Gasteiger partial charge in [-0.2, -0.15) is 4.52 Å². The summed E-state index contributed by atoms with van der Waals surface area (Å²) in [5, 5.41) is 23.9. The summed E-state index contributed by atoms with van der Waals surface area (Å²) in [6.07, 6.45) is 0. The molecule has 9 nitrogen and oxygen atoms in total. The van der Waals surface area contributed by atoms with Crippen molar-refractivity contribution in [2.75, 3.05) is 0 Å². The van der Waals surface area contributed by atoms with E-state index in [4.69, 9.17) is 4.42 Å². The Bertz CT molecular complexity index is 1260. The minimum Gasteiger partial charge on any atom is -0.453 e. The largest absolute Gasteiger partial charge is 0.453 e. The van der Waals surface area contributed by atoms with Crippen LogP contribution in [0.1, 0.15) is 26.5 Å². The maximum Gasteiger partial charge on any atom is 0.297 e. The summed E-state index contributed by atoms with van der Waals surface area (Å²) < 4.78 is 7.04. The second-order valence-corrected chi connectivity index (χ2v) is 8.13. The van der Waals surface area contributed by atoms with Gasteiger partial charge in [-0.3, -0.25) is 14.9 Å². The molecule has 0 saturated heterocycles. The highest BCUT2D eigenvalue weighted by Gasteiger charge is 2.23. The zero-order valence-corrected chi connectivity index (χ0v) is 16.1. The fraction of sp³-hybridized carbons (Fsp3) is 0.222. The topological polar surface area (TPSA) is 116 Å². The van der Waals surface area contributed by atoms with E-state index in [1.165, 1.54) is 28.0 Å². The van der Waals surface area contributed by atoms with Gasteiger partial charge in [0.1, 0.15) is 11.5 Å². The van der Waals surface area contributed by atoms with E-state index in [9.17, 15) is 14.9 Å². The van der Waals surface area contributed by atoms with E-state index in [1.807, 2.05) is 20.8 Å². The van der Waals surface area contributed by atoms with E-state index in [2.05, 4.69) is 15.3 Å². The number of rotatable bonds is 3. The van der Waals surface area contributed by atoms with Crippen LogP contribution in [0.15, 0.2) is 45.6 Å². The Hall–Kier alpha value is -3.40. The lowest BCUT2D eigenvalue weighted by molar-refractivity contribution is -0.384. The molecule has 0 fully saturated rings. The summed E-state index contributed by atoms with van der Waals surface area (Å²) in [7, 11) is 0. The number of benzene rings is 1. The van der Waals surface area contributed by atoms with Crippen molar-refractivity contribution in [3.63, 3.8) is 0 Å². The Morgan fingerprint density at radius 1 is 1.14 bits per heavy atom. The highest BCUT2D eigenvalue weighted by molar-refractivity contribution is 7.19. The van der Waals surface area contributed by atoms with E-state index in [-0.39, 0.29) is 11.2 Å². The molecule has 1 aromatic carbocycles. The standard InChI is InChI=1S/C18H15N5O4S/c1-18(2,3)14-16(24)22-17(20-19-14)28-15(21-22)13-8-7-12(27-13)10-5-4-6-11(9-10)23(25)26/h4-9H,1-3H3. The van der Waals surface area contributed by atoms with Crippen LogP contribution in [-0.4, -0.2) is 24.7 Å². The number of nitrogens with zero attached hydrogens (tertiary/aromatic N) is 5. The van der Waals surface area contributed by atoms with E-state index in [1.54, 1.807) is 24.3 Å². The van der Waals surface area contributed by atoms with Gasteiger partial charge in [-0.1, -0.05) is 44.2 Å². The Kier molecular flexibility index (Phi) is 4.07. The first kappa shape index (κ1) is 18.0. The summed E-state index contributed by atoms with van der Waals surface area (Å²) in [6.45, 7) is 5.65. The average Bonchev–Trinajstić information content (AvgIpc) is 3.28. The molecule has 28 heavy (non-hydrogen) atoms. The van der Waals surface area contributed by atoms with E-state index < -0.39 is 10.3 Å². The Morgan fingerprint density at radius 3 is 2.61 bits per heavy atom. The predicted octanol–water partition coefficient (Wildman–Crippen LogP) is 3.68. The fourth-order valence-corrected chi connectivity index (χ4v) is 3.46. The van der Waals surface area contributed by atoms with Crippen molar-refractivity contribution >= 4 is 22.0 Å². The zero-order valence-electron chi connectivity index (χ0n) is 15.2. The molecule has 4 rings (SSSR count). The van der Waals surface area contributed by atoms with Crippen LogP contribution in [-0.2, 0) is 5.41 Å². The van der Waals surface area contributed by atoms with Crippen molar-refractivity contribution in [2.24, 2.45) is 0 Å². The maximum absolute atomic E-state index is 12.7. The molecule has 0 aliphatic heterocycles. The number of furan rings is 1. The lowest BCUT2D eigenvalue weighted by Crippen LogP contribution is -2.30. The van der Waals surface area contributed by atoms with Crippen molar-refractivity contribution in [1.82, 2.24) is 19.8 Å². The molecule has 0 N–H and O–H groups in total. The summed E-state index contributed by atoms with van der Waals surface area (Å²) in [5.41, 5.74) is 0.124. The van der Waals surface area contributed by atoms with Crippen molar-refractivity contribution < 1.29 is 9.34 Å². The molecular weight excluding hydrogens is 382 g/mol. The third-order valence-corrected chi connectivity index (χ3v) is 4.97. The third-order valence-electron chi connectivity index (χ3n) is 4.06. The first-order valence-electron chi connectivity index (χ1n) is 8.36. The molecule has 0 radical (unpaired) electrons. The molecule has 0 unspecified atom stereocenters. The number of nitro groups is 1. The Labute approximate surface area is 162 Å². The molecule has 0 atom stereocenters. The predicted molar refractivity (Wildman–Crippen MR) is 103 cm³/mol. The molecule has 0 aliphatic carbocycles. The van der Waals surface area contributed by atoms with E-state index >= 15 is 0 Å². The molecule has 10 heteroatoms. The van der Waals surface area contributed by atoms with Crippen LogP contribution in [0.5, 0.6) is 0 Å². The van der Waals surface area contributed by atoms with Crippen LogP contribution >= 0.6 is 11.3 Å². The van der Waals surface area contributed by atoms with Crippen LogP contribution in [0.3, 0.4) is 0 Å². The van der Waals surface area contributed by atoms with Gasteiger partial charge in [0.15, 0.2) is 10.8 Å². The molecule has 0 amide bonds. The SMILES string of the molecule is CC(C)(C)c1nnc2sc(-c3ccc(-c4cccc([N+](=O)[O-])c4)o3)nn2c1=O. The second kappa shape index (κ2) is 6.34. The van der Waals surface area contributed by atoms with Gasteiger partial charge in [-0.25, -0.2) is 0 Å². The van der Waals surface area contributed by atoms with Gasteiger partial charge in [-0.15, -0.1) is 15.3 Å². The first-order chi connectivity index (χ1) is 13.2. The van der Waals surface area contributed by atoms with Crippen molar-refractivity contribution in [3.05, 3.63) is 62.6 Å². The molecule has 0 bridgehead atoms. The average molecular weight is 397 g/mol. The van der Waals surface area contributed by atoms with Crippen LogP contribution in [0.4, 0.5) is 5.69 Å². The Balaban J connectivity index is 1.76. The van der Waals surface area contributed by atoms with Gasteiger partial charge >= 0.3 is 0 Å². The highest BCUT2D eigenvalue weighted by Crippen LogP contribution is 2.32. The molecule has 0 saturated carbocycles. The summed E-state index contributed by atoms with van der Waals surface area (Å²) >= 11 is 1.18. The molecular formula is C18H15N5O4S. The lowest BCUT2D eigenvalue weighted by atomic mass is 9.93. The molecule has 3 aromatic heterocycles. The van der Waals surface area contributed by atoms with Crippen molar-refractivity contribution in [3.8, 4) is 22.1 Å². The van der Waals surface area contributed by atoms with Gasteiger partial charge in [0, 0.05) is 23.1 Å². The minimum atomic E-state index is -0.460. The smallest absolute Gasteiger partial charge is 0.297 e. The first-order valence-corrected chi connectivity index (χ1v) is 9.18. The van der Waals surface area contributed by atoms with Crippen molar-refractivity contribution in [1.29, 1.82) is 0 Å². The van der Waals surface area contributed by atoms with Gasteiger partial charge in [-0.05, 0) is 12.1 Å². The van der Waals surface area contributed by atoms with Crippen molar-refractivity contribution in [2.45, 2.75) is 26.2 Å². The number of non-ortho nitro benzene ring substituents is 1. The highest BCUT2D eigenvalue weighted by atomic mass is 32.1. The number of fused-ring (bicyclic) bond motifs is 1. The Morgan fingerprint density at radius 2 is 1.89 bits per heavy atom. The summed E-state index contributed by atoms with van der Waals surface area (Å²) in [6, 6.07) is 9.58. The molecule has 0 aliphatic rings. The van der Waals surface area contributed by atoms with Crippen LogP contribution in [0.2, 0.25) is 0 Å². The minimum absolute atomic E-state index is 0.0213. The van der Waals surface area contributed by atoms with Gasteiger partial charge in [0.25, 0.3) is 11.2 Å². The second-order valence-electron chi connectivity index (χ2n) is 7.18. The van der Waals surface area contributed by atoms with E-state index in [0.29, 0.717) is 32.7 Å². The molecule has 142 valence electrons. The lowest BCUT2D eigenvalue weighted by Gasteiger charge is -2.14. The maximum atomic E-state index is 12.7. The normalized spacial score (nSPS) is 11.8. The summed E-state index contributed by atoms with van der Waals surface area (Å²) in [4.78, 5) is 23.5.